The van der Waals surface area contributed by atoms with Crippen LogP contribution in [-0.4, -0.2) is 77.7 Å². The first kappa shape index (κ1) is 25.0. The summed E-state index contributed by atoms with van der Waals surface area (Å²) >= 11 is 0. The van der Waals surface area contributed by atoms with Gasteiger partial charge in [0, 0.05) is 18.5 Å². The number of amides is 5. The highest BCUT2D eigenvalue weighted by Gasteiger charge is 2.48. The van der Waals surface area contributed by atoms with Crippen molar-refractivity contribution in [3.8, 4) is 23.3 Å². The van der Waals surface area contributed by atoms with Crippen LogP contribution in [0.5, 0.6) is 11.5 Å². The van der Waals surface area contributed by atoms with Crippen LogP contribution in [0.1, 0.15) is 34.5 Å². The maximum Gasteiger partial charge on any atom is 0.323 e. The fourth-order valence-electron chi connectivity index (χ4n) is 4.83. The van der Waals surface area contributed by atoms with E-state index in [9.17, 15) is 24.3 Å². The summed E-state index contributed by atoms with van der Waals surface area (Å²) < 4.78 is 10.6. The lowest BCUT2D eigenvalue weighted by atomic mass is 9.99. The summed E-state index contributed by atoms with van der Waals surface area (Å²) in [7, 11) is 2.93. The lowest BCUT2D eigenvalue weighted by Crippen LogP contribution is -2.54. The molecule has 3 aliphatic heterocycles. The number of nitrogens with zero attached hydrogens (tertiary/aromatic N) is 3. The summed E-state index contributed by atoms with van der Waals surface area (Å²) in [6.07, 6.45) is 0.783. The lowest BCUT2D eigenvalue weighted by molar-refractivity contribution is -0.122. The Labute approximate surface area is 217 Å². The van der Waals surface area contributed by atoms with E-state index in [0.29, 0.717) is 17.7 Å². The average Bonchev–Trinajstić information content (AvgIpc) is 3.54. The number of nitrogens with one attached hydrogen (secondary N) is 2. The van der Waals surface area contributed by atoms with E-state index in [1.165, 1.54) is 24.0 Å². The zero-order valence-corrected chi connectivity index (χ0v) is 20.7. The molecule has 2 atom stereocenters. The van der Waals surface area contributed by atoms with Crippen molar-refractivity contribution in [2.24, 2.45) is 0 Å². The maximum absolute atomic E-state index is 13.1. The number of methoxy groups -OCH3 is 2. The number of carbonyl (C=O) groups is 4. The summed E-state index contributed by atoms with van der Waals surface area (Å²) in [6.45, 7) is -0.206. The van der Waals surface area contributed by atoms with Gasteiger partial charge in [-0.1, -0.05) is 12.0 Å². The number of urea groups is 1. The first-order valence-corrected chi connectivity index (χ1v) is 11.9. The van der Waals surface area contributed by atoms with Crippen molar-refractivity contribution >= 4 is 29.6 Å². The van der Waals surface area contributed by atoms with Crippen LogP contribution >= 0.6 is 0 Å². The zero-order valence-electron chi connectivity index (χ0n) is 20.7. The van der Waals surface area contributed by atoms with Gasteiger partial charge in [0.05, 0.1) is 33.4 Å². The van der Waals surface area contributed by atoms with Crippen LogP contribution in [0.2, 0.25) is 0 Å². The molecule has 12 heteroatoms. The third kappa shape index (κ3) is 4.26. The van der Waals surface area contributed by atoms with Crippen LogP contribution in [-0.2, 0) is 16.1 Å². The van der Waals surface area contributed by atoms with E-state index in [1.807, 2.05) is 0 Å². The maximum atomic E-state index is 13.1. The molecule has 2 fully saturated rings. The SMILES string of the molecule is COc1ccc2c(c1)C(=O)N(C[C@@]1(C#Cc3nc(N4C(=O)CC[C@@H]4CO)ccc3OC)NC(=O)NC1=O)C2. The monoisotopic (exact) mass is 519 g/mol. The van der Waals surface area contributed by atoms with Gasteiger partial charge in [-0.3, -0.25) is 24.6 Å². The first-order chi connectivity index (χ1) is 18.3. The van der Waals surface area contributed by atoms with Gasteiger partial charge >= 0.3 is 6.03 Å². The quantitative estimate of drug-likeness (QED) is 0.361. The molecule has 38 heavy (non-hydrogen) atoms. The standard InChI is InChI=1S/C26H25N5O7/c1-37-17-5-3-15-12-30(23(34)18(15)11-17)14-26(24(35)28-25(36)29-26)10-9-19-20(38-2)6-7-21(27-19)31-16(13-32)4-8-22(31)33/h3,5-7,11,16,32H,4,8,12-14H2,1-2H3,(H2,28,29,35,36)/t16-,26-/m1/s1. The van der Waals surface area contributed by atoms with Crippen molar-refractivity contribution in [2.45, 2.75) is 31.0 Å². The number of fused-ring (bicyclic) bond motifs is 1. The number of aliphatic hydroxyl groups is 1. The molecule has 3 N–H and O–H groups in total. The van der Waals surface area contributed by atoms with Crippen molar-refractivity contribution < 1.29 is 33.8 Å². The lowest BCUT2D eigenvalue weighted by Gasteiger charge is -2.26. The summed E-state index contributed by atoms with van der Waals surface area (Å²) in [5.74, 6) is 5.51. The second-order valence-corrected chi connectivity index (χ2v) is 9.11. The van der Waals surface area contributed by atoms with Gasteiger partial charge in [-0.2, -0.15) is 0 Å². The number of imide groups is 1. The van der Waals surface area contributed by atoms with Gasteiger partial charge in [0.1, 0.15) is 11.6 Å². The van der Waals surface area contributed by atoms with Crippen molar-refractivity contribution in [1.82, 2.24) is 20.5 Å². The molecule has 1 aromatic heterocycles. The molecular weight excluding hydrogens is 494 g/mol. The highest BCUT2D eigenvalue weighted by atomic mass is 16.5. The van der Waals surface area contributed by atoms with E-state index in [4.69, 9.17) is 9.47 Å². The van der Waals surface area contributed by atoms with E-state index < -0.39 is 23.5 Å². The molecule has 0 spiro atoms. The summed E-state index contributed by atoms with van der Waals surface area (Å²) in [4.78, 5) is 58.0. The summed E-state index contributed by atoms with van der Waals surface area (Å²) in [5.41, 5.74) is -0.426. The van der Waals surface area contributed by atoms with Crippen molar-refractivity contribution in [1.29, 1.82) is 0 Å². The molecule has 5 rings (SSSR count). The van der Waals surface area contributed by atoms with E-state index >= 15 is 0 Å². The molecule has 12 nitrogen and oxygen atoms in total. The number of anilines is 1. The zero-order chi connectivity index (χ0) is 27.0. The third-order valence-electron chi connectivity index (χ3n) is 6.81. The van der Waals surface area contributed by atoms with Gasteiger partial charge in [-0.15, -0.1) is 0 Å². The summed E-state index contributed by atoms with van der Waals surface area (Å²) in [5, 5.41) is 14.4. The van der Waals surface area contributed by atoms with E-state index in [-0.39, 0.29) is 55.2 Å². The van der Waals surface area contributed by atoms with Gasteiger partial charge in [-0.25, -0.2) is 9.78 Å². The Morgan fingerprint density at radius 3 is 2.66 bits per heavy atom. The minimum Gasteiger partial charge on any atom is -0.497 e. The fourth-order valence-corrected chi connectivity index (χ4v) is 4.83. The Bertz CT molecular complexity index is 1410. The van der Waals surface area contributed by atoms with E-state index in [0.717, 1.165) is 5.56 Å². The number of carbonyl (C=O) groups excluding carboxylic acids is 4. The normalized spacial score (nSPS) is 22.1. The number of benzene rings is 1. The van der Waals surface area contributed by atoms with Gasteiger partial charge < -0.3 is 24.8 Å². The number of aliphatic hydroxyl groups excluding tert-OH is 1. The van der Waals surface area contributed by atoms with E-state index in [1.54, 1.807) is 30.3 Å². The Kier molecular flexibility index (Phi) is 6.38. The topological polar surface area (TPSA) is 150 Å². The molecule has 2 saturated heterocycles. The van der Waals surface area contributed by atoms with Crippen molar-refractivity contribution in [3.05, 3.63) is 47.2 Å². The number of hydrogen-bond donors (Lipinski definition) is 3. The van der Waals surface area contributed by atoms with Crippen LogP contribution < -0.4 is 25.0 Å². The Morgan fingerprint density at radius 2 is 1.97 bits per heavy atom. The predicted molar refractivity (Wildman–Crippen MR) is 132 cm³/mol. The van der Waals surface area contributed by atoms with Crippen LogP contribution in [0.4, 0.5) is 10.6 Å². The van der Waals surface area contributed by atoms with E-state index in [2.05, 4.69) is 27.5 Å². The van der Waals surface area contributed by atoms with Crippen LogP contribution in [0, 0.1) is 11.8 Å². The molecule has 0 unspecified atom stereocenters. The van der Waals surface area contributed by atoms with Gasteiger partial charge in [0.15, 0.2) is 11.4 Å². The van der Waals surface area contributed by atoms with Crippen LogP contribution in [0.3, 0.4) is 0 Å². The average molecular weight is 520 g/mol. The van der Waals surface area contributed by atoms with Gasteiger partial charge in [0.25, 0.3) is 11.8 Å². The van der Waals surface area contributed by atoms with Crippen molar-refractivity contribution in [3.63, 3.8) is 0 Å². The number of pyridine rings is 1. The largest absolute Gasteiger partial charge is 0.497 e. The molecule has 1 aromatic carbocycles. The second-order valence-electron chi connectivity index (χ2n) is 9.11. The second kappa shape index (κ2) is 9.68. The molecular formula is C26H25N5O7. The fraction of sp³-hybridized carbons (Fsp3) is 0.346. The number of ether oxygens (including phenoxy) is 2. The Balaban J connectivity index is 1.49. The molecule has 3 aliphatic rings. The number of hydrogen-bond acceptors (Lipinski definition) is 8. The van der Waals surface area contributed by atoms with Crippen molar-refractivity contribution in [2.75, 3.05) is 32.3 Å². The Morgan fingerprint density at radius 1 is 1.16 bits per heavy atom. The predicted octanol–water partition coefficient (Wildman–Crippen LogP) is 0.172. The van der Waals surface area contributed by atoms with Crippen LogP contribution in [0.25, 0.3) is 0 Å². The molecule has 4 heterocycles. The highest BCUT2D eigenvalue weighted by Crippen LogP contribution is 2.30. The Hall–Kier alpha value is -4.63. The third-order valence-corrected chi connectivity index (χ3v) is 6.81. The molecule has 5 amide bonds. The van der Waals surface area contributed by atoms with Gasteiger partial charge in [0.2, 0.25) is 11.4 Å². The molecule has 0 radical (unpaired) electrons. The highest BCUT2D eigenvalue weighted by molar-refractivity contribution is 6.10. The van der Waals surface area contributed by atoms with Crippen LogP contribution in [0.15, 0.2) is 30.3 Å². The molecule has 2 aromatic rings. The molecule has 196 valence electrons. The van der Waals surface area contributed by atoms with Gasteiger partial charge in [-0.05, 0) is 42.2 Å². The summed E-state index contributed by atoms with van der Waals surface area (Å²) in [6, 6.07) is 7.17. The number of rotatable bonds is 6. The smallest absolute Gasteiger partial charge is 0.323 e. The number of aromatic nitrogens is 1. The first-order valence-electron chi connectivity index (χ1n) is 11.9. The molecule has 0 aliphatic carbocycles. The minimum atomic E-state index is -1.75. The minimum absolute atomic E-state index is 0.121. The molecule has 0 bridgehead atoms. The molecule has 0 saturated carbocycles.